The third kappa shape index (κ3) is 2.80. The van der Waals surface area contributed by atoms with Crippen LogP contribution < -0.4 is 11.2 Å². The van der Waals surface area contributed by atoms with E-state index in [1.165, 1.54) is 23.4 Å². The molecule has 0 fully saturated rings. The second-order valence-electron chi connectivity index (χ2n) is 4.64. The van der Waals surface area contributed by atoms with Gasteiger partial charge in [0.15, 0.2) is 16.3 Å². The third-order valence-corrected chi connectivity index (χ3v) is 4.26. The number of nitrogens with zero attached hydrogens (tertiary/aromatic N) is 3. The smallest absolute Gasteiger partial charge is 0.329 e. The maximum atomic E-state index is 12.0. The topological polar surface area (TPSA) is 99.0 Å². The standard InChI is InChI=1S/C13H18N4O4S/c1-5-17-8-9(16(4)12(20)15-10(8)18)14-13(17)22-7(3)11(19)21-6-2/h7H,5-6H2,1-4H3,(H,15,18,20)/t7-/m1/s1. The number of ether oxygens (including phenoxy) is 1. The first-order chi connectivity index (χ1) is 10.4. The number of aryl methyl sites for hydroxylation is 2. The van der Waals surface area contributed by atoms with Gasteiger partial charge in [0.05, 0.1) is 6.61 Å². The van der Waals surface area contributed by atoms with Gasteiger partial charge in [0.2, 0.25) is 0 Å². The molecule has 0 spiro atoms. The Labute approximate surface area is 130 Å². The van der Waals surface area contributed by atoms with Crippen molar-refractivity contribution in [3.05, 3.63) is 20.8 Å². The second-order valence-corrected chi connectivity index (χ2v) is 5.95. The van der Waals surface area contributed by atoms with E-state index in [1.54, 1.807) is 18.4 Å². The minimum absolute atomic E-state index is 0.300. The number of hydrogen-bond acceptors (Lipinski definition) is 6. The Morgan fingerprint density at radius 3 is 2.68 bits per heavy atom. The zero-order valence-corrected chi connectivity index (χ0v) is 13.7. The van der Waals surface area contributed by atoms with Gasteiger partial charge in [-0.15, -0.1) is 0 Å². The Hall–Kier alpha value is -2.03. The van der Waals surface area contributed by atoms with Gasteiger partial charge in [-0.05, 0) is 20.8 Å². The third-order valence-electron chi connectivity index (χ3n) is 3.19. The molecule has 8 nitrogen and oxygen atoms in total. The summed E-state index contributed by atoms with van der Waals surface area (Å²) in [7, 11) is 1.54. The molecule has 0 saturated carbocycles. The normalized spacial score (nSPS) is 12.5. The van der Waals surface area contributed by atoms with Crippen molar-refractivity contribution in [2.24, 2.45) is 7.05 Å². The van der Waals surface area contributed by atoms with E-state index in [2.05, 4.69) is 9.97 Å². The van der Waals surface area contributed by atoms with Crippen molar-refractivity contribution < 1.29 is 9.53 Å². The molecule has 2 heterocycles. The van der Waals surface area contributed by atoms with E-state index in [9.17, 15) is 14.4 Å². The van der Waals surface area contributed by atoms with Crippen molar-refractivity contribution in [3.8, 4) is 0 Å². The lowest BCUT2D eigenvalue weighted by Crippen LogP contribution is -2.29. The first kappa shape index (κ1) is 16.3. The van der Waals surface area contributed by atoms with Gasteiger partial charge in [0.1, 0.15) is 5.25 Å². The van der Waals surface area contributed by atoms with Gasteiger partial charge in [-0.3, -0.25) is 19.1 Å². The maximum Gasteiger partial charge on any atom is 0.329 e. The number of H-pyrrole nitrogens is 1. The molecule has 0 unspecified atom stereocenters. The fraction of sp³-hybridized carbons (Fsp3) is 0.538. The van der Waals surface area contributed by atoms with E-state index in [0.717, 1.165) is 0 Å². The summed E-state index contributed by atoms with van der Waals surface area (Å²) in [4.78, 5) is 42.0. The molecule has 1 atom stereocenters. The first-order valence-corrected chi connectivity index (χ1v) is 7.81. The van der Waals surface area contributed by atoms with Gasteiger partial charge in [-0.2, -0.15) is 0 Å². The van der Waals surface area contributed by atoms with Gasteiger partial charge in [-0.25, -0.2) is 9.78 Å². The summed E-state index contributed by atoms with van der Waals surface area (Å²) in [5, 5.41) is 0.0444. The molecule has 0 bridgehead atoms. The molecular weight excluding hydrogens is 308 g/mol. The Kier molecular flexibility index (Phi) is 4.74. The van der Waals surface area contributed by atoms with Crippen molar-refractivity contribution >= 4 is 28.9 Å². The summed E-state index contributed by atoms with van der Waals surface area (Å²) in [5.41, 5.74) is -0.381. The molecule has 0 aliphatic rings. The number of carbonyl (C=O) groups is 1. The molecule has 0 aliphatic heterocycles. The van der Waals surface area contributed by atoms with Gasteiger partial charge in [0, 0.05) is 13.6 Å². The summed E-state index contributed by atoms with van der Waals surface area (Å²) < 4.78 is 7.94. The minimum Gasteiger partial charge on any atom is -0.465 e. The molecule has 2 aromatic heterocycles. The fourth-order valence-corrected chi connectivity index (χ4v) is 3.03. The van der Waals surface area contributed by atoms with Crippen LogP contribution in [0.25, 0.3) is 11.2 Å². The lowest BCUT2D eigenvalue weighted by molar-refractivity contribution is -0.142. The Morgan fingerprint density at radius 2 is 2.09 bits per heavy atom. The number of imidazole rings is 1. The maximum absolute atomic E-state index is 12.0. The molecule has 2 rings (SSSR count). The number of rotatable bonds is 5. The monoisotopic (exact) mass is 326 g/mol. The van der Waals surface area contributed by atoms with Crippen LogP contribution >= 0.6 is 11.8 Å². The molecule has 0 aliphatic carbocycles. The van der Waals surface area contributed by atoms with Crippen LogP contribution in [0.4, 0.5) is 0 Å². The highest BCUT2D eigenvalue weighted by Crippen LogP contribution is 2.25. The highest BCUT2D eigenvalue weighted by Gasteiger charge is 2.22. The SMILES string of the molecule is CCOC(=O)[C@@H](C)Sc1nc2c(c(=O)[nH]c(=O)n2C)n1CC. The Morgan fingerprint density at radius 1 is 1.41 bits per heavy atom. The molecule has 120 valence electrons. The van der Waals surface area contributed by atoms with E-state index in [-0.39, 0.29) is 5.97 Å². The molecular formula is C13H18N4O4S. The van der Waals surface area contributed by atoms with Gasteiger partial charge in [-0.1, -0.05) is 11.8 Å². The number of nitrogens with one attached hydrogen (secondary N) is 1. The molecule has 0 aromatic carbocycles. The fourth-order valence-electron chi connectivity index (χ4n) is 2.06. The molecule has 1 N–H and O–H groups in total. The quantitative estimate of drug-likeness (QED) is 0.634. The number of carbonyl (C=O) groups excluding carboxylic acids is 1. The predicted octanol–water partition coefficient (Wildman–Crippen LogP) is 0.487. The van der Waals surface area contributed by atoms with E-state index >= 15 is 0 Å². The number of fused-ring (bicyclic) bond motifs is 1. The number of aromatic nitrogens is 4. The molecule has 0 amide bonds. The van der Waals surface area contributed by atoms with E-state index < -0.39 is 16.5 Å². The summed E-state index contributed by atoms with van der Waals surface area (Å²) in [6, 6.07) is 0. The Bertz CT molecular complexity index is 820. The van der Waals surface area contributed by atoms with E-state index in [0.29, 0.717) is 29.5 Å². The molecule has 0 radical (unpaired) electrons. The lowest BCUT2D eigenvalue weighted by Gasteiger charge is -2.10. The van der Waals surface area contributed by atoms with Crippen LogP contribution in [0.2, 0.25) is 0 Å². The predicted molar refractivity (Wildman–Crippen MR) is 83.2 cm³/mol. The summed E-state index contributed by atoms with van der Waals surface area (Å²) in [6.45, 7) is 6.12. The van der Waals surface area contributed by atoms with Gasteiger partial charge >= 0.3 is 11.7 Å². The number of hydrogen-bond donors (Lipinski definition) is 1. The van der Waals surface area contributed by atoms with E-state index in [1.807, 2.05) is 6.92 Å². The second kappa shape index (κ2) is 6.39. The highest BCUT2D eigenvalue weighted by molar-refractivity contribution is 8.00. The van der Waals surface area contributed by atoms with Crippen LogP contribution in [-0.2, 0) is 23.1 Å². The number of thioether (sulfide) groups is 1. The zero-order chi connectivity index (χ0) is 16.4. The number of esters is 1. The number of aromatic amines is 1. The van der Waals surface area contributed by atoms with Gasteiger partial charge in [0.25, 0.3) is 5.56 Å². The van der Waals surface area contributed by atoms with Crippen LogP contribution in [0, 0.1) is 0 Å². The average molecular weight is 326 g/mol. The van der Waals surface area contributed by atoms with Crippen molar-refractivity contribution in [3.63, 3.8) is 0 Å². The molecule has 9 heteroatoms. The van der Waals surface area contributed by atoms with Crippen molar-refractivity contribution in [2.45, 2.75) is 37.7 Å². The van der Waals surface area contributed by atoms with Crippen LogP contribution in [-0.4, -0.2) is 36.9 Å². The lowest BCUT2D eigenvalue weighted by atomic mass is 10.5. The zero-order valence-electron chi connectivity index (χ0n) is 12.9. The largest absolute Gasteiger partial charge is 0.465 e. The highest BCUT2D eigenvalue weighted by atomic mass is 32.2. The first-order valence-electron chi connectivity index (χ1n) is 6.93. The minimum atomic E-state index is -0.520. The van der Waals surface area contributed by atoms with Crippen LogP contribution in [0.5, 0.6) is 0 Å². The van der Waals surface area contributed by atoms with E-state index in [4.69, 9.17) is 4.74 Å². The van der Waals surface area contributed by atoms with Crippen molar-refractivity contribution in [1.82, 2.24) is 19.1 Å². The molecule has 22 heavy (non-hydrogen) atoms. The average Bonchev–Trinajstić information content (AvgIpc) is 2.84. The molecule has 2 aromatic rings. The van der Waals surface area contributed by atoms with Gasteiger partial charge < -0.3 is 9.30 Å². The van der Waals surface area contributed by atoms with Crippen molar-refractivity contribution in [2.75, 3.05) is 6.61 Å². The Balaban J connectivity index is 2.54. The molecule has 0 saturated heterocycles. The van der Waals surface area contributed by atoms with Crippen molar-refractivity contribution in [1.29, 1.82) is 0 Å². The summed E-state index contributed by atoms with van der Waals surface area (Å²) >= 11 is 1.20. The van der Waals surface area contributed by atoms with Crippen LogP contribution in [0.1, 0.15) is 20.8 Å². The van der Waals surface area contributed by atoms with Crippen LogP contribution in [0.3, 0.4) is 0 Å². The van der Waals surface area contributed by atoms with Crippen LogP contribution in [0.15, 0.2) is 14.7 Å². The summed E-state index contributed by atoms with van der Waals surface area (Å²) in [5.74, 6) is -0.343. The summed E-state index contributed by atoms with van der Waals surface area (Å²) in [6.07, 6.45) is 0.